The number of carbonyl (C=O) groups excluding carboxylic acids is 1. The zero-order chi connectivity index (χ0) is 27.3. The largest absolute Gasteiger partial charge is 0.354 e. The van der Waals surface area contributed by atoms with Gasteiger partial charge in [0, 0.05) is 24.3 Å². The fourth-order valence-corrected chi connectivity index (χ4v) is 5.97. The molecule has 0 atom stereocenters. The SMILES string of the molecule is CCCCS(=O)(=O)N(CCN(C)C)c1ccc(N/C(=C2\C(=O)Nc3cc(F)ccc32)c2ccccc2)cc1. The van der Waals surface area contributed by atoms with Gasteiger partial charge in [0.15, 0.2) is 0 Å². The van der Waals surface area contributed by atoms with Gasteiger partial charge >= 0.3 is 0 Å². The first kappa shape index (κ1) is 27.3. The van der Waals surface area contributed by atoms with E-state index >= 15 is 0 Å². The third-order valence-electron chi connectivity index (χ3n) is 6.31. The summed E-state index contributed by atoms with van der Waals surface area (Å²) in [6.07, 6.45) is 1.39. The second-order valence-corrected chi connectivity index (χ2v) is 11.5. The molecule has 0 saturated heterocycles. The maximum Gasteiger partial charge on any atom is 0.258 e. The summed E-state index contributed by atoms with van der Waals surface area (Å²) in [5, 5.41) is 6.11. The molecule has 0 unspecified atom stereocenters. The summed E-state index contributed by atoms with van der Waals surface area (Å²) in [6.45, 7) is 2.90. The number of likely N-dealkylation sites (N-methyl/N-ethyl adjacent to an activating group) is 1. The molecule has 200 valence electrons. The summed E-state index contributed by atoms with van der Waals surface area (Å²) < 4.78 is 41.5. The van der Waals surface area contributed by atoms with Crippen molar-refractivity contribution in [2.24, 2.45) is 0 Å². The lowest BCUT2D eigenvalue weighted by molar-refractivity contribution is -0.110. The molecule has 3 aromatic carbocycles. The molecular weight excluding hydrogens is 503 g/mol. The fourth-order valence-electron chi connectivity index (χ4n) is 4.29. The topological polar surface area (TPSA) is 81.8 Å². The van der Waals surface area contributed by atoms with Crippen molar-refractivity contribution in [1.29, 1.82) is 0 Å². The van der Waals surface area contributed by atoms with Crippen molar-refractivity contribution in [2.75, 3.05) is 47.9 Å². The van der Waals surface area contributed by atoms with E-state index in [0.29, 0.717) is 53.4 Å². The predicted molar refractivity (Wildman–Crippen MR) is 153 cm³/mol. The van der Waals surface area contributed by atoms with Crippen molar-refractivity contribution in [3.8, 4) is 0 Å². The molecule has 0 aliphatic carbocycles. The Labute approximate surface area is 224 Å². The Morgan fingerprint density at radius 1 is 0.974 bits per heavy atom. The maximum absolute atomic E-state index is 13.8. The summed E-state index contributed by atoms with van der Waals surface area (Å²) >= 11 is 0. The van der Waals surface area contributed by atoms with E-state index in [9.17, 15) is 17.6 Å². The van der Waals surface area contributed by atoms with Crippen LogP contribution in [-0.4, -0.2) is 52.2 Å². The average Bonchev–Trinajstić information content (AvgIpc) is 3.21. The van der Waals surface area contributed by atoms with Crippen LogP contribution >= 0.6 is 0 Å². The lowest BCUT2D eigenvalue weighted by atomic mass is 10.00. The number of nitrogens with one attached hydrogen (secondary N) is 2. The summed E-state index contributed by atoms with van der Waals surface area (Å²) in [4.78, 5) is 15.0. The number of nitrogens with zero attached hydrogens (tertiary/aromatic N) is 2. The van der Waals surface area contributed by atoms with Crippen LogP contribution in [0, 0.1) is 5.82 Å². The van der Waals surface area contributed by atoms with E-state index in [1.165, 1.54) is 16.4 Å². The molecule has 1 aliphatic rings. The van der Waals surface area contributed by atoms with E-state index in [1.807, 2.05) is 56.3 Å². The van der Waals surface area contributed by atoms with Gasteiger partial charge < -0.3 is 15.5 Å². The normalized spacial score (nSPS) is 14.3. The van der Waals surface area contributed by atoms with Crippen LogP contribution in [0.4, 0.5) is 21.5 Å². The number of anilines is 3. The first-order valence-electron chi connectivity index (χ1n) is 12.6. The van der Waals surface area contributed by atoms with Crippen molar-refractivity contribution in [2.45, 2.75) is 19.8 Å². The molecule has 0 aromatic heterocycles. The molecule has 9 heteroatoms. The molecule has 0 bridgehead atoms. The Kier molecular flexibility index (Phi) is 8.48. The maximum atomic E-state index is 13.8. The van der Waals surface area contributed by atoms with E-state index < -0.39 is 15.8 Å². The first-order valence-corrected chi connectivity index (χ1v) is 14.2. The van der Waals surface area contributed by atoms with E-state index in [1.54, 1.807) is 30.3 Å². The van der Waals surface area contributed by atoms with Gasteiger partial charge in [-0.1, -0.05) is 43.7 Å². The van der Waals surface area contributed by atoms with E-state index in [4.69, 9.17) is 0 Å². The summed E-state index contributed by atoms with van der Waals surface area (Å²) in [7, 11) is 0.346. The molecular formula is C29H33FN4O3S. The summed E-state index contributed by atoms with van der Waals surface area (Å²) in [6, 6.07) is 20.8. The molecule has 38 heavy (non-hydrogen) atoms. The highest BCUT2D eigenvalue weighted by Crippen LogP contribution is 2.38. The van der Waals surface area contributed by atoms with Gasteiger partial charge in [-0.05, 0) is 68.5 Å². The Bertz CT molecular complexity index is 1420. The van der Waals surface area contributed by atoms with Crippen LogP contribution in [0.1, 0.15) is 30.9 Å². The minimum Gasteiger partial charge on any atom is -0.354 e. The second kappa shape index (κ2) is 11.8. The number of amides is 1. The molecule has 0 fully saturated rings. The number of benzene rings is 3. The van der Waals surface area contributed by atoms with Gasteiger partial charge in [-0.15, -0.1) is 0 Å². The zero-order valence-electron chi connectivity index (χ0n) is 21.9. The first-order chi connectivity index (χ1) is 18.2. The highest BCUT2D eigenvalue weighted by Gasteiger charge is 2.29. The molecule has 2 N–H and O–H groups in total. The van der Waals surface area contributed by atoms with Crippen molar-refractivity contribution in [3.05, 3.63) is 89.7 Å². The molecule has 0 spiro atoms. The third-order valence-corrected chi connectivity index (χ3v) is 8.17. The van der Waals surface area contributed by atoms with Gasteiger partial charge in [-0.2, -0.15) is 0 Å². The monoisotopic (exact) mass is 536 g/mol. The van der Waals surface area contributed by atoms with Crippen molar-refractivity contribution < 1.29 is 17.6 Å². The number of halogens is 1. The fraction of sp³-hybridized carbons (Fsp3) is 0.276. The number of hydrogen-bond donors (Lipinski definition) is 2. The van der Waals surface area contributed by atoms with E-state index in [-0.39, 0.29) is 11.7 Å². The number of sulfonamides is 1. The number of carbonyl (C=O) groups is 1. The van der Waals surface area contributed by atoms with Gasteiger partial charge in [0.25, 0.3) is 5.91 Å². The van der Waals surface area contributed by atoms with Crippen LogP contribution in [0.25, 0.3) is 11.3 Å². The van der Waals surface area contributed by atoms with Crippen LogP contribution in [0.2, 0.25) is 0 Å². The predicted octanol–water partition coefficient (Wildman–Crippen LogP) is 5.26. The highest BCUT2D eigenvalue weighted by molar-refractivity contribution is 7.92. The van der Waals surface area contributed by atoms with E-state index in [0.717, 1.165) is 12.0 Å². The van der Waals surface area contributed by atoms with Gasteiger partial charge in [0.05, 0.1) is 28.4 Å². The standard InChI is InChI=1S/C29H33FN4O3S/c1-4-5-19-38(36,37)34(18-17-33(2)3)24-14-12-23(13-15-24)31-28(21-9-7-6-8-10-21)27-25-16-11-22(30)20-26(25)32-29(27)35/h6-16,20,31H,4-5,17-19H2,1-3H3,(H,32,35)/b28-27-. The van der Waals surface area contributed by atoms with Gasteiger partial charge in [-0.25, -0.2) is 12.8 Å². The summed E-state index contributed by atoms with van der Waals surface area (Å²) in [5.74, 6) is -0.663. The Balaban J connectivity index is 1.70. The van der Waals surface area contributed by atoms with Gasteiger partial charge in [0.2, 0.25) is 10.0 Å². The molecule has 3 aromatic rings. The number of rotatable bonds is 11. The Morgan fingerprint density at radius 2 is 1.68 bits per heavy atom. The molecule has 4 rings (SSSR count). The minimum absolute atomic E-state index is 0.0935. The van der Waals surface area contributed by atoms with Gasteiger partial charge in [-0.3, -0.25) is 9.10 Å². The van der Waals surface area contributed by atoms with Gasteiger partial charge in [0.1, 0.15) is 5.82 Å². The lowest BCUT2D eigenvalue weighted by Crippen LogP contribution is -2.38. The van der Waals surface area contributed by atoms with Crippen LogP contribution in [0.3, 0.4) is 0 Å². The second-order valence-electron chi connectivity index (χ2n) is 9.48. The van der Waals surface area contributed by atoms with Crippen molar-refractivity contribution >= 4 is 44.3 Å². The van der Waals surface area contributed by atoms with Crippen molar-refractivity contribution in [3.63, 3.8) is 0 Å². The minimum atomic E-state index is -3.48. The van der Waals surface area contributed by atoms with Crippen LogP contribution in [0.5, 0.6) is 0 Å². The molecule has 0 radical (unpaired) electrons. The Morgan fingerprint density at radius 3 is 2.34 bits per heavy atom. The van der Waals surface area contributed by atoms with Crippen LogP contribution < -0.4 is 14.9 Å². The zero-order valence-corrected chi connectivity index (χ0v) is 22.7. The molecule has 1 aliphatic heterocycles. The molecule has 7 nitrogen and oxygen atoms in total. The molecule has 1 amide bonds. The van der Waals surface area contributed by atoms with Crippen LogP contribution in [-0.2, 0) is 14.8 Å². The van der Waals surface area contributed by atoms with E-state index in [2.05, 4.69) is 10.6 Å². The molecule has 1 heterocycles. The molecule has 0 saturated carbocycles. The number of hydrogen-bond acceptors (Lipinski definition) is 5. The average molecular weight is 537 g/mol. The third kappa shape index (κ3) is 6.23. The highest BCUT2D eigenvalue weighted by atomic mass is 32.2. The number of fused-ring (bicyclic) bond motifs is 1. The smallest absolute Gasteiger partial charge is 0.258 e. The van der Waals surface area contributed by atoms with Crippen LogP contribution in [0.15, 0.2) is 72.8 Å². The summed E-state index contributed by atoms with van der Waals surface area (Å²) in [5.41, 5.74) is 4.06. The lowest BCUT2D eigenvalue weighted by Gasteiger charge is -2.26. The quantitative estimate of drug-likeness (QED) is 0.327. The Hall–Kier alpha value is -3.69. The number of unbranched alkanes of at least 4 members (excludes halogenated alkanes) is 1. The van der Waals surface area contributed by atoms with Crippen molar-refractivity contribution in [1.82, 2.24) is 4.90 Å².